The second-order valence-corrected chi connectivity index (χ2v) is 5.43. The molecule has 5 nitrogen and oxygen atoms in total. The van der Waals surface area contributed by atoms with Crippen molar-refractivity contribution in [2.24, 2.45) is 0 Å². The number of aliphatic hydroxyl groups is 1. The van der Waals surface area contributed by atoms with Crippen LogP contribution in [0.4, 0.5) is 5.69 Å². The third kappa shape index (κ3) is 6.02. The fourth-order valence-electron chi connectivity index (χ4n) is 2.40. The van der Waals surface area contributed by atoms with Crippen molar-refractivity contribution in [3.8, 4) is 5.75 Å². The molecule has 0 aromatic heterocycles. The molecule has 0 bridgehead atoms. The molecule has 2 N–H and O–H groups in total. The van der Waals surface area contributed by atoms with E-state index in [0.717, 1.165) is 17.0 Å². The molecule has 24 heavy (non-hydrogen) atoms. The van der Waals surface area contributed by atoms with E-state index in [0.29, 0.717) is 19.7 Å². The molecule has 0 fully saturated rings. The monoisotopic (exact) mass is 328 g/mol. The quantitative estimate of drug-likeness (QED) is 0.742. The zero-order valence-electron chi connectivity index (χ0n) is 13.9. The van der Waals surface area contributed by atoms with E-state index in [1.165, 1.54) is 0 Å². The Labute approximate surface area is 142 Å². The first-order valence-corrected chi connectivity index (χ1v) is 8.11. The predicted octanol–water partition coefficient (Wildman–Crippen LogP) is 2.52. The van der Waals surface area contributed by atoms with Gasteiger partial charge in [-0.1, -0.05) is 30.3 Å². The van der Waals surface area contributed by atoms with Gasteiger partial charge >= 0.3 is 0 Å². The summed E-state index contributed by atoms with van der Waals surface area (Å²) >= 11 is 0. The van der Waals surface area contributed by atoms with Crippen LogP contribution >= 0.6 is 0 Å². The number of anilines is 1. The minimum Gasteiger partial charge on any atom is -0.494 e. The van der Waals surface area contributed by atoms with E-state index in [9.17, 15) is 9.90 Å². The first kappa shape index (κ1) is 18.0. The van der Waals surface area contributed by atoms with Gasteiger partial charge in [0.25, 0.3) is 0 Å². The fourth-order valence-corrected chi connectivity index (χ4v) is 2.40. The number of rotatable bonds is 9. The molecule has 0 saturated heterocycles. The van der Waals surface area contributed by atoms with Crippen molar-refractivity contribution in [3.63, 3.8) is 0 Å². The van der Waals surface area contributed by atoms with Gasteiger partial charge in [-0.2, -0.15) is 0 Å². The minimum atomic E-state index is -0.108. The van der Waals surface area contributed by atoms with Gasteiger partial charge < -0.3 is 15.2 Å². The lowest BCUT2D eigenvalue weighted by atomic mass is 10.2. The van der Waals surface area contributed by atoms with Crippen LogP contribution in [-0.2, 0) is 11.3 Å². The van der Waals surface area contributed by atoms with Crippen LogP contribution < -0.4 is 10.1 Å². The highest BCUT2D eigenvalue weighted by atomic mass is 16.5. The second-order valence-electron chi connectivity index (χ2n) is 5.43. The average molecular weight is 328 g/mol. The standard InChI is InChI=1S/C19H24N2O3/c1-2-24-18-10-8-17(9-11-18)20-19(23)15-21(12-13-22)14-16-6-4-3-5-7-16/h3-11,22H,2,12-15H2,1H3,(H,20,23). The van der Waals surface area contributed by atoms with Gasteiger partial charge in [0.15, 0.2) is 0 Å². The molecule has 2 aromatic carbocycles. The third-order valence-electron chi connectivity index (χ3n) is 3.48. The molecular weight excluding hydrogens is 304 g/mol. The van der Waals surface area contributed by atoms with E-state index in [2.05, 4.69) is 5.32 Å². The molecule has 0 unspecified atom stereocenters. The van der Waals surface area contributed by atoms with Gasteiger partial charge in [0.1, 0.15) is 5.75 Å². The third-order valence-corrected chi connectivity index (χ3v) is 3.48. The molecule has 2 aromatic rings. The molecule has 0 heterocycles. The molecule has 0 aliphatic heterocycles. The molecule has 0 aliphatic carbocycles. The maximum Gasteiger partial charge on any atom is 0.238 e. The van der Waals surface area contributed by atoms with Crippen molar-refractivity contribution in [1.29, 1.82) is 0 Å². The summed E-state index contributed by atoms with van der Waals surface area (Å²) < 4.78 is 5.38. The van der Waals surface area contributed by atoms with Gasteiger partial charge in [-0.25, -0.2) is 0 Å². The Morgan fingerprint density at radius 1 is 1.12 bits per heavy atom. The zero-order valence-corrected chi connectivity index (χ0v) is 13.9. The van der Waals surface area contributed by atoms with Crippen molar-refractivity contribution in [1.82, 2.24) is 4.90 Å². The summed E-state index contributed by atoms with van der Waals surface area (Å²) in [7, 11) is 0. The van der Waals surface area contributed by atoms with Gasteiger partial charge in [0, 0.05) is 18.8 Å². The molecular formula is C19H24N2O3. The number of carbonyl (C=O) groups excluding carboxylic acids is 1. The van der Waals surface area contributed by atoms with E-state index in [1.54, 1.807) is 0 Å². The summed E-state index contributed by atoms with van der Waals surface area (Å²) in [5.41, 5.74) is 1.84. The van der Waals surface area contributed by atoms with Crippen LogP contribution in [0.15, 0.2) is 54.6 Å². The van der Waals surface area contributed by atoms with E-state index in [4.69, 9.17) is 4.74 Å². The van der Waals surface area contributed by atoms with Crippen LogP contribution in [-0.4, -0.2) is 42.2 Å². The summed E-state index contributed by atoms with van der Waals surface area (Å²) in [5, 5.41) is 12.1. The highest BCUT2D eigenvalue weighted by molar-refractivity contribution is 5.92. The predicted molar refractivity (Wildman–Crippen MR) is 95.0 cm³/mol. The molecule has 0 spiro atoms. The number of nitrogens with zero attached hydrogens (tertiary/aromatic N) is 1. The van der Waals surface area contributed by atoms with Crippen molar-refractivity contribution in [3.05, 3.63) is 60.2 Å². The Morgan fingerprint density at radius 2 is 1.83 bits per heavy atom. The van der Waals surface area contributed by atoms with Crippen molar-refractivity contribution in [2.45, 2.75) is 13.5 Å². The summed E-state index contributed by atoms with van der Waals surface area (Å²) in [6.45, 7) is 3.86. The second kappa shape index (κ2) is 9.70. The number of hydrogen-bond acceptors (Lipinski definition) is 4. The van der Waals surface area contributed by atoms with E-state index in [1.807, 2.05) is 66.4 Å². The number of carbonyl (C=O) groups is 1. The molecule has 0 aliphatic rings. The Hall–Kier alpha value is -2.37. The Balaban J connectivity index is 1.90. The molecule has 0 saturated carbocycles. The van der Waals surface area contributed by atoms with Gasteiger partial charge in [0.05, 0.1) is 19.8 Å². The van der Waals surface area contributed by atoms with Crippen molar-refractivity contribution in [2.75, 3.05) is 31.6 Å². The highest BCUT2D eigenvalue weighted by Crippen LogP contribution is 2.15. The van der Waals surface area contributed by atoms with Gasteiger partial charge in [0.2, 0.25) is 5.91 Å². The van der Waals surface area contributed by atoms with Crippen LogP contribution in [0, 0.1) is 0 Å². The Bertz CT molecular complexity index is 614. The van der Waals surface area contributed by atoms with Crippen LogP contribution in [0.2, 0.25) is 0 Å². The molecule has 2 rings (SSSR count). The van der Waals surface area contributed by atoms with Gasteiger partial charge in [-0.15, -0.1) is 0 Å². The maximum atomic E-state index is 12.2. The number of hydrogen-bond donors (Lipinski definition) is 2. The van der Waals surface area contributed by atoms with Gasteiger partial charge in [-0.3, -0.25) is 9.69 Å². The Kier molecular flexibility index (Phi) is 7.26. The number of ether oxygens (including phenoxy) is 1. The zero-order chi connectivity index (χ0) is 17.2. The lowest BCUT2D eigenvalue weighted by molar-refractivity contribution is -0.117. The largest absolute Gasteiger partial charge is 0.494 e. The van der Waals surface area contributed by atoms with E-state index < -0.39 is 0 Å². The number of nitrogens with one attached hydrogen (secondary N) is 1. The van der Waals surface area contributed by atoms with Gasteiger partial charge in [-0.05, 0) is 36.8 Å². The van der Waals surface area contributed by atoms with Crippen LogP contribution in [0.5, 0.6) is 5.75 Å². The van der Waals surface area contributed by atoms with Crippen LogP contribution in [0.1, 0.15) is 12.5 Å². The summed E-state index contributed by atoms with van der Waals surface area (Å²) in [4.78, 5) is 14.1. The van der Waals surface area contributed by atoms with Crippen LogP contribution in [0.25, 0.3) is 0 Å². The van der Waals surface area contributed by atoms with Crippen LogP contribution in [0.3, 0.4) is 0 Å². The molecule has 5 heteroatoms. The lowest BCUT2D eigenvalue weighted by Crippen LogP contribution is -2.34. The normalized spacial score (nSPS) is 10.6. The smallest absolute Gasteiger partial charge is 0.238 e. The first-order valence-electron chi connectivity index (χ1n) is 8.11. The number of aliphatic hydroxyl groups excluding tert-OH is 1. The summed E-state index contributed by atoms with van der Waals surface area (Å²) in [6, 6.07) is 17.2. The first-order chi connectivity index (χ1) is 11.7. The minimum absolute atomic E-state index is 0.0170. The van der Waals surface area contributed by atoms with E-state index in [-0.39, 0.29) is 19.1 Å². The van der Waals surface area contributed by atoms with Crippen molar-refractivity contribution < 1.29 is 14.6 Å². The molecule has 1 amide bonds. The maximum absolute atomic E-state index is 12.2. The Morgan fingerprint density at radius 3 is 2.46 bits per heavy atom. The topological polar surface area (TPSA) is 61.8 Å². The summed E-state index contributed by atoms with van der Waals surface area (Å²) in [6.07, 6.45) is 0. The highest BCUT2D eigenvalue weighted by Gasteiger charge is 2.11. The molecule has 0 atom stereocenters. The number of amides is 1. The van der Waals surface area contributed by atoms with E-state index >= 15 is 0 Å². The summed E-state index contributed by atoms with van der Waals surface area (Å²) in [5.74, 6) is 0.671. The number of benzene rings is 2. The fraction of sp³-hybridized carbons (Fsp3) is 0.316. The SMILES string of the molecule is CCOc1ccc(NC(=O)CN(CCO)Cc2ccccc2)cc1. The lowest BCUT2D eigenvalue weighted by Gasteiger charge is -2.21. The molecule has 0 radical (unpaired) electrons. The average Bonchev–Trinajstić information content (AvgIpc) is 2.58. The molecule has 128 valence electrons. The van der Waals surface area contributed by atoms with Crippen molar-refractivity contribution >= 4 is 11.6 Å².